The summed E-state index contributed by atoms with van der Waals surface area (Å²) in [6.07, 6.45) is 6.23. The Labute approximate surface area is 122 Å². The van der Waals surface area contributed by atoms with Gasteiger partial charge < -0.3 is 14.6 Å². The van der Waals surface area contributed by atoms with Crippen molar-refractivity contribution in [3.05, 3.63) is 35.9 Å². The smallest absolute Gasteiger partial charge is 0.126 e. The molecule has 1 rings (SSSR count). The van der Waals surface area contributed by atoms with E-state index in [2.05, 4.69) is 13.5 Å². The first-order valence-electron chi connectivity index (χ1n) is 7.18. The summed E-state index contributed by atoms with van der Waals surface area (Å²) in [5.41, 5.74) is 1.89. The van der Waals surface area contributed by atoms with Crippen LogP contribution in [0.25, 0.3) is 0 Å². The highest BCUT2D eigenvalue weighted by atomic mass is 16.5. The number of ether oxygens (including phenoxy) is 2. The van der Waals surface area contributed by atoms with E-state index in [9.17, 15) is 5.11 Å². The molecule has 1 aromatic carbocycles. The zero-order valence-corrected chi connectivity index (χ0v) is 12.8. The lowest BCUT2D eigenvalue weighted by atomic mass is 9.88. The largest absolute Gasteiger partial charge is 0.496 e. The van der Waals surface area contributed by atoms with Crippen LogP contribution in [0.2, 0.25) is 0 Å². The first-order valence-corrected chi connectivity index (χ1v) is 7.18. The van der Waals surface area contributed by atoms with Crippen LogP contribution in [0.3, 0.4) is 0 Å². The average molecular weight is 278 g/mol. The molecule has 0 heterocycles. The van der Waals surface area contributed by atoms with Crippen LogP contribution >= 0.6 is 0 Å². The molecule has 0 amide bonds. The maximum absolute atomic E-state index is 9.32. The Morgan fingerprint density at radius 3 is 2.25 bits per heavy atom. The van der Waals surface area contributed by atoms with Gasteiger partial charge in [-0.25, -0.2) is 0 Å². The van der Waals surface area contributed by atoms with Crippen molar-refractivity contribution in [1.82, 2.24) is 0 Å². The topological polar surface area (TPSA) is 38.7 Å². The Morgan fingerprint density at radius 1 is 1.25 bits per heavy atom. The zero-order valence-electron chi connectivity index (χ0n) is 12.8. The zero-order chi connectivity index (χ0) is 15.0. The monoisotopic (exact) mass is 278 g/mol. The van der Waals surface area contributed by atoms with Gasteiger partial charge in [-0.05, 0) is 36.5 Å². The molecule has 0 aliphatic heterocycles. The van der Waals surface area contributed by atoms with E-state index in [1.54, 1.807) is 14.2 Å². The second-order valence-electron chi connectivity index (χ2n) is 4.94. The second kappa shape index (κ2) is 8.64. The lowest BCUT2D eigenvalue weighted by Gasteiger charge is -2.22. The number of aliphatic hydroxyl groups is 1. The maximum Gasteiger partial charge on any atom is 0.126 e. The van der Waals surface area contributed by atoms with E-state index in [0.717, 1.165) is 48.3 Å². The van der Waals surface area contributed by atoms with E-state index in [0.29, 0.717) is 5.92 Å². The van der Waals surface area contributed by atoms with E-state index >= 15 is 0 Å². The van der Waals surface area contributed by atoms with Crippen LogP contribution in [0, 0.1) is 0 Å². The Balaban J connectivity index is 3.25. The molecule has 0 aromatic heterocycles. The fraction of sp³-hybridized carbons (Fsp3) is 0.529. The number of benzene rings is 1. The molecule has 20 heavy (non-hydrogen) atoms. The van der Waals surface area contributed by atoms with Gasteiger partial charge in [-0.2, -0.15) is 0 Å². The van der Waals surface area contributed by atoms with Gasteiger partial charge in [-0.15, -0.1) is 6.58 Å². The third-order valence-electron chi connectivity index (χ3n) is 3.55. The molecule has 0 bridgehead atoms. The first kappa shape index (κ1) is 16.6. The molecular weight excluding hydrogens is 252 g/mol. The summed E-state index contributed by atoms with van der Waals surface area (Å²) in [4.78, 5) is 0. The third kappa shape index (κ3) is 4.01. The molecule has 0 unspecified atom stereocenters. The predicted octanol–water partition coefficient (Wildman–Crippen LogP) is 4.05. The molecule has 0 saturated carbocycles. The number of hydrogen-bond acceptors (Lipinski definition) is 3. The molecular formula is C17H26O3. The fourth-order valence-corrected chi connectivity index (χ4v) is 2.52. The first-order chi connectivity index (χ1) is 9.71. The van der Waals surface area contributed by atoms with Gasteiger partial charge >= 0.3 is 0 Å². The highest BCUT2D eigenvalue weighted by molar-refractivity contribution is 5.50. The van der Waals surface area contributed by atoms with Crippen molar-refractivity contribution in [3.8, 4) is 11.5 Å². The SMILES string of the molecule is C=CC[C@H](CCCC)c1c(OC)cc(CO)cc1OC. The molecule has 1 atom stereocenters. The van der Waals surface area contributed by atoms with Gasteiger partial charge in [0.1, 0.15) is 11.5 Å². The quantitative estimate of drug-likeness (QED) is 0.693. The minimum Gasteiger partial charge on any atom is -0.496 e. The second-order valence-corrected chi connectivity index (χ2v) is 4.94. The minimum absolute atomic E-state index is 0.0198. The van der Waals surface area contributed by atoms with Crippen molar-refractivity contribution in [3.63, 3.8) is 0 Å². The van der Waals surface area contributed by atoms with Crippen LogP contribution in [-0.2, 0) is 6.61 Å². The number of unbranched alkanes of at least 4 members (excludes halogenated alkanes) is 1. The van der Waals surface area contributed by atoms with Gasteiger partial charge in [0.05, 0.1) is 20.8 Å². The number of hydrogen-bond donors (Lipinski definition) is 1. The molecule has 112 valence electrons. The van der Waals surface area contributed by atoms with Crippen LogP contribution in [-0.4, -0.2) is 19.3 Å². The summed E-state index contributed by atoms with van der Waals surface area (Å²) in [6.45, 7) is 6.03. The lowest BCUT2D eigenvalue weighted by Crippen LogP contribution is -2.05. The summed E-state index contributed by atoms with van der Waals surface area (Å²) < 4.78 is 11.0. The lowest BCUT2D eigenvalue weighted by molar-refractivity contribution is 0.279. The Hall–Kier alpha value is -1.48. The van der Waals surface area contributed by atoms with Gasteiger partial charge in [0.25, 0.3) is 0 Å². The van der Waals surface area contributed by atoms with Crippen LogP contribution in [0.1, 0.15) is 49.7 Å². The summed E-state index contributed by atoms with van der Waals surface area (Å²) in [5.74, 6) is 1.91. The molecule has 0 aliphatic carbocycles. The summed E-state index contributed by atoms with van der Waals surface area (Å²) in [7, 11) is 3.31. The average Bonchev–Trinajstić information content (AvgIpc) is 2.50. The number of aliphatic hydroxyl groups excluding tert-OH is 1. The minimum atomic E-state index is -0.0198. The highest BCUT2D eigenvalue weighted by Crippen LogP contribution is 2.40. The van der Waals surface area contributed by atoms with Gasteiger partial charge in [0, 0.05) is 5.56 Å². The van der Waals surface area contributed by atoms with Gasteiger partial charge in [0.15, 0.2) is 0 Å². The molecule has 0 fully saturated rings. The van der Waals surface area contributed by atoms with E-state index in [-0.39, 0.29) is 6.61 Å². The van der Waals surface area contributed by atoms with E-state index in [4.69, 9.17) is 9.47 Å². The normalized spacial score (nSPS) is 12.0. The number of rotatable bonds is 9. The van der Waals surface area contributed by atoms with Crippen molar-refractivity contribution < 1.29 is 14.6 Å². The fourth-order valence-electron chi connectivity index (χ4n) is 2.52. The molecule has 1 aromatic rings. The van der Waals surface area contributed by atoms with E-state index < -0.39 is 0 Å². The molecule has 0 radical (unpaired) electrons. The van der Waals surface area contributed by atoms with Crippen LogP contribution < -0.4 is 9.47 Å². The van der Waals surface area contributed by atoms with E-state index in [1.165, 1.54) is 0 Å². The number of methoxy groups -OCH3 is 2. The van der Waals surface area contributed by atoms with Crippen molar-refractivity contribution >= 4 is 0 Å². The van der Waals surface area contributed by atoms with Crippen molar-refractivity contribution in [1.29, 1.82) is 0 Å². The molecule has 0 aliphatic rings. The van der Waals surface area contributed by atoms with Crippen molar-refractivity contribution in [2.24, 2.45) is 0 Å². The Bertz CT molecular complexity index is 401. The number of allylic oxidation sites excluding steroid dienone is 1. The predicted molar refractivity (Wildman–Crippen MR) is 82.5 cm³/mol. The van der Waals surface area contributed by atoms with Gasteiger partial charge in [-0.1, -0.05) is 25.8 Å². The summed E-state index contributed by atoms with van der Waals surface area (Å²) in [6, 6.07) is 3.78. The van der Waals surface area contributed by atoms with Crippen LogP contribution in [0.15, 0.2) is 24.8 Å². The Kier molecular flexibility index (Phi) is 7.16. The van der Waals surface area contributed by atoms with Gasteiger partial charge in [-0.3, -0.25) is 0 Å². The highest BCUT2D eigenvalue weighted by Gasteiger charge is 2.20. The summed E-state index contributed by atoms with van der Waals surface area (Å²) in [5, 5.41) is 9.32. The molecule has 3 heteroatoms. The van der Waals surface area contributed by atoms with E-state index in [1.807, 2.05) is 18.2 Å². The molecule has 1 N–H and O–H groups in total. The Morgan fingerprint density at radius 2 is 1.85 bits per heavy atom. The van der Waals surface area contributed by atoms with Crippen LogP contribution in [0.4, 0.5) is 0 Å². The van der Waals surface area contributed by atoms with Gasteiger partial charge in [0.2, 0.25) is 0 Å². The molecule has 3 nitrogen and oxygen atoms in total. The molecule has 0 spiro atoms. The summed E-state index contributed by atoms with van der Waals surface area (Å²) >= 11 is 0. The third-order valence-corrected chi connectivity index (χ3v) is 3.55. The maximum atomic E-state index is 9.32. The van der Waals surface area contributed by atoms with Crippen molar-refractivity contribution in [2.75, 3.05) is 14.2 Å². The van der Waals surface area contributed by atoms with Crippen molar-refractivity contribution in [2.45, 2.75) is 45.1 Å². The standard InChI is InChI=1S/C17H26O3/c1-5-7-9-14(8-6-2)17-15(19-3)10-13(12-18)11-16(17)20-4/h6,10-11,14,18H,2,5,7-9,12H2,1,3-4H3/t14-/m1/s1. The molecule has 0 saturated heterocycles. The van der Waals surface area contributed by atoms with Crippen LogP contribution in [0.5, 0.6) is 11.5 Å².